The highest BCUT2D eigenvalue weighted by Gasteiger charge is 2.07. The van der Waals surface area contributed by atoms with Gasteiger partial charge in [-0.15, -0.1) is 0 Å². The number of hydrogen-bond donors (Lipinski definition) is 2. The molecule has 0 radical (unpaired) electrons. The van der Waals surface area contributed by atoms with Gasteiger partial charge in [0.05, 0.1) is 6.54 Å². The molecule has 120 valence electrons. The number of anilines is 1. The lowest BCUT2D eigenvalue weighted by Gasteiger charge is -2.08. The standard InChI is InChI=1S/C18H19BrN2O2/c1-13-7-9-15(11-16(13)19)21-18(23)12-20-17(22)10-8-14-5-3-2-4-6-14/h2-7,9,11H,8,10,12H2,1H3,(H,20,22)(H,21,23). The van der Waals surface area contributed by atoms with Crippen molar-refractivity contribution in [2.45, 2.75) is 19.8 Å². The summed E-state index contributed by atoms with van der Waals surface area (Å²) in [4.78, 5) is 23.6. The minimum absolute atomic E-state index is 0.0287. The van der Waals surface area contributed by atoms with Crippen molar-refractivity contribution >= 4 is 33.4 Å². The molecule has 0 fully saturated rings. The first kappa shape index (κ1) is 17.2. The van der Waals surface area contributed by atoms with Gasteiger partial charge < -0.3 is 10.6 Å². The van der Waals surface area contributed by atoms with Crippen molar-refractivity contribution in [1.82, 2.24) is 5.32 Å². The largest absolute Gasteiger partial charge is 0.347 e. The Morgan fingerprint density at radius 2 is 1.78 bits per heavy atom. The van der Waals surface area contributed by atoms with Gasteiger partial charge in [0.25, 0.3) is 0 Å². The average molecular weight is 375 g/mol. The number of carbonyl (C=O) groups is 2. The van der Waals surface area contributed by atoms with Crippen LogP contribution in [0.3, 0.4) is 0 Å². The number of benzene rings is 2. The molecule has 0 unspecified atom stereocenters. The van der Waals surface area contributed by atoms with Crippen molar-refractivity contribution < 1.29 is 9.59 Å². The molecular weight excluding hydrogens is 356 g/mol. The van der Waals surface area contributed by atoms with Crippen LogP contribution in [0.15, 0.2) is 53.0 Å². The van der Waals surface area contributed by atoms with Gasteiger partial charge in [-0.1, -0.05) is 52.3 Å². The van der Waals surface area contributed by atoms with Crippen molar-refractivity contribution in [3.63, 3.8) is 0 Å². The van der Waals surface area contributed by atoms with E-state index in [1.165, 1.54) is 0 Å². The summed E-state index contributed by atoms with van der Waals surface area (Å²) in [5.41, 5.74) is 2.90. The highest BCUT2D eigenvalue weighted by molar-refractivity contribution is 9.10. The molecule has 0 saturated carbocycles. The number of carbonyl (C=O) groups excluding carboxylic acids is 2. The van der Waals surface area contributed by atoms with Crippen molar-refractivity contribution in [3.05, 3.63) is 64.1 Å². The molecule has 4 nitrogen and oxygen atoms in total. The second-order valence-corrected chi connectivity index (χ2v) is 6.13. The molecule has 0 bridgehead atoms. The van der Waals surface area contributed by atoms with E-state index in [4.69, 9.17) is 0 Å². The summed E-state index contributed by atoms with van der Waals surface area (Å²) in [7, 11) is 0. The fourth-order valence-electron chi connectivity index (χ4n) is 2.05. The molecule has 0 aliphatic rings. The Balaban J connectivity index is 1.73. The van der Waals surface area contributed by atoms with Crippen molar-refractivity contribution in [2.24, 2.45) is 0 Å². The number of aryl methyl sites for hydroxylation is 2. The van der Waals surface area contributed by atoms with Crippen LogP contribution >= 0.6 is 15.9 Å². The molecule has 0 spiro atoms. The lowest BCUT2D eigenvalue weighted by atomic mass is 10.1. The number of rotatable bonds is 6. The van der Waals surface area contributed by atoms with Gasteiger partial charge in [-0.05, 0) is 36.6 Å². The molecule has 2 N–H and O–H groups in total. The monoisotopic (exact) mass is 374 g/mol. The van der Waals surface area contributed by atoms with Crippen molar-refractivity contribution in [3.8, 4) is 0 Å². The van der Waals surface area contributed by atoms with Gasteiger partial charge in [0, 0.05) is 16.6 Å². The molecule has 0 saturated heterocycles. The maximum atomic E-state index is 11.8. The van der Waals surface area contributed by atoms with E-state index in [0.717, 1.165) is 15.6 Å². The van der Waals surface area contributed by atoms with Crippen LogP contribution in [0.25, 0.3) is 0 Å². The summed E-state index contributed by atoms with van der Waals surface area (Å²) in [5, 5.41) is 5.39. The number of hydrogen-bond acceptors (Lipinski definition) is 2. The van der Waals surface area contributed by atoms with E-state index in [9.17, 15) is 9.59 Å². The first-order chi connectivity index (χ1) is 11.0. The van der Waals surface area contributed by atoms with Gasteiger partial charge in [0.1, 0.15) is 0 Å². The second-order valence-electron chi connectivity index (χ2n) is 5.27. The van der Waals surface area contributed by atoms with Crippen LogP contribution in [-0.4, -0.2) is 18.4 Å². The summed E-state index contributed by atoms with van der Waals surface area (Å²) in [6.07, 6.45) is 1.03. The predicted octanol–water partition coefficient (Wildman–Crippen LogP) is 3.45. The van der Waals surface area contributed by atoms with Crippen LogP contribution in [0.1, 0.15) is 17.5 Å². The van der Waals surface area contributed by atoms with E-state index >= 15 is 0 Å². The minimum atomic E-state index is -0.242. The zero-order valence-corrected chi connectivity index (χ0v) is 14.5. The lowest BCUT2D eigenvalue weighted by molar-refractivity contribution is -0.124. The van der Waals surface area contributed by atoms with E-state index in [0.29, 0.717) is 18.5 Å². The molecule has 2 aromatic carbocycles. The Morgan fingerprint density at radius 1 is 1.04 bits per heavy atom. The highest BCUT2D eigenvalue weighted by atomic mass is 79.9. The molecule has 0 aromatic heterocycles. The number of nitrogens with one attached hydrogen (secondary N) is 2. The van der Waals surface area contributed by atoms with E-state index in [-0.39, 0.29) is 18.4 Å². The topological polar surface area (TPSA) is 58.2 Å². The molecule has 0 aliphatic carbocycles. The molecule has 23 heavy (non-hydrogen) atoms. The van der Waals surface area contributed by atoms with Gasteiger partial charge in [-0.25, -0.2) is 0 Å². The molecule has 2 aromatic rings. The summed E-state index contributed by atoms with van der Waals surface area (Å²) in [5.74, 6) is -0.372. The fraction of sp³-hybridized carbons (Fsp3) is 0.222. The third-order valence-corrected chi connectivity index (χ3v) is 4.24. The van der Waals surface area contributed by atoms with Gasteiger partial charge in [0.2, 0.25) is 11.8 Å². The Hall–Kier alpha value is -2.14. The van der Waals surface area contributed by atoms with Crippen LogP contribution in [0, 0.1) is 6.92 Å². The third-order valence-electron chi connectivity index (χ3n) is 3.39. The SMILES string of the molecule is Cc1ccc(NC(=O)CNC(=O)CCc2ccccc2)cc1Br. The smallest absolute Gasteiger partial charge is 0.243 e. The van der Waals surface area contributed by atoms with E-state index in [2.05, 4.69) is 26.6 Å². The zero-order chi connectivity index (χ0) is 16.7. The average Bonchev–Trinajstić information content (AvgIpc) is 2.55. The molecule has 2 rings (SSSR count). The third kappa shape index (κ3) is 5.87. The number of halogens is 1. The van der Waals surface area contributed by atoms with Gasteiger partial charge >= 0.3 is 0 Å². The van der Waals surface area contributed by atoms with Crippen LogP contribution in [-0.2, 0) is 16.0 Å². The summed E-state index contributed by atoms with van der Waals surface area (Å²) in [6.45, 7) is 1.95. The molecule has 0 aliphatic heterocycles. The maximum Gasteiger partial charge on any atom is 0.243 e. The minimum Gasteiger partial charge on any atom is -0.347 e. The molecule has 5 heteroatoms. The first-order valence-electron chi connectivity index (χ1n) is 7.41. The van der Waals surface area contributed by atoms with Crippen LogP contribution in [0.2, 0.25) is 0 Å². The van der Waals surface area contributed by atoms with Crippen molar-refractivity contribution in [1.29, 1.82) is 0 Å². The normalized spacial score (nSPS) is 10.2. The van der Waals surface area contributed by atoms with E-state index < -0.39 is 0 Å². The maximum absolute atomic E-state index is 11.8. The molecule has 2 amide bonds. The van der Waals surface area contributed by atoms with Crippen LogP contribution in [0.4, 0.5) is 5.69 Å². The van der Waals surface area contributed by atoms with Crippen LogP contribution in [0.5, 0.6) is 0 Å². The Labute approximate surface area is 144 Å². The zero-order valence-electron chi connectivity index (χ0n) is 12.9. The Bertz CT molecular complexity index is 687. The molecular formula is C18H19BrN2O2. The Morgan fingerprint density at radius 3 is 2.48 bits per heavy atom. The predicted molar refractivity (Wildman–Crippen MR) is 95.3 cm³/mol. The van der Waals surface area contributed by atoms with E-state index in [1.54, 1.807) is 0 Å². The van der Waals surface area contributed by atoms with Gasteiger partial charge in [-0.3, -0.25) is 9.59 Å². The van der Waals surface area contributed by atoms with Gasteiger partial charge in [-0.2, -0.15) is 0 Å². The molecule has 0 heterocycles. The van der Waals surface area contributed by atoms with Crippen LogP contribution < -0.4 is 10.6 Å². The number of amides is 2. The highest BCUT2D eigenvalue weighted by Crippen LogP contribution is 2.20. The second kappa shape index (κ2) is 8.48. The lowest BCUT2D eigenvalue weighted by Crippen LogP contribution is -2.32. The summed E-state index contributed by atoms with van der Waals surface area (Å²) < 4.78 is 0.933. The Kier molecular flexibility index (Phi) is 6.35. The molecule has 0 atom stereocenters. The fourth-order valence-corrected chi connectivity index (χ4v) is 2.42. The van der Waals surface area contributed by atoms with Gasteiger partial charge in [0.15, 0.2) is 0 Å². The van der Waals surface area contributed by atoms with Crippen molar-refractivity contribution in [2.75, 3.05) is 11.9 Å². The first-order valence-corrected chi connectivity index (χ1v) is 8.20. The summed E-state index contributed by atoms with van der Waals surface area (Å²) in [6, 6.07) is 15.4. The summed E-state index contributed by atoms with van der Waals surface area (Å²) >= 11 is 3.42. The van der Waals surface area contributed by atoms with E-state index in [1.807, 2.05) is 55.5 Å². The quantitative estimate of drug-likeness (QED) is 0.813.